The zero-order chi connectivity index (χ0) is 33.2. The highest BCUT2D eigenvalue weighted by molar-refractivity contribution is 7.53. The molecule has 0 aliphatic carbocycles. The van der Waals surface area contributed by atoms with Crippen LogP contribution in [0.4, 0.5) is 10.5 Å². The molecule has 244 valence electrons. The molecule has 5 rings (SSSR count). The minimum atomic E-state index is -5.07. The number of esters is 1. The SMILES string of the molecule is O=C(O)CP(=O)(O)OC(O)(O)OC[C@H]1O[C@@H](N2C=C3C=C(c4ccccc4[N+](=O)[O-])OC3NC2=O)CC1OC(=O)c1ccccc1. The van der Waals surface area contributed by atoms with Gasteiger partial charge in [0.2, 0.25) is 6.23 Å². The summed E-state index contributed by atoms with van der Waals surface area (Å²) in [6.45, 7) is -0.844. The topological polar surface area (TPSA) is 254 Å². The van der Waals surface area contributed by atoms with Gasteiger partial charge < -0.3 is 39.2 Å². The van der Waals surface area contributed by atoms with E-state index in [1.807, 2.05) is 0 Å². The number of carbonyl (C=O) groups excluding carboxylic acids is 2. The van der Waals surface area contributed by atoms with E-state index in [-0.39, 0.29) is 29.0 Å². The van der Waals surface area contributed by atoms with Gasteiger partial charge in [-0.15, -0.1) is 0 Å². The Bertz CT molecular complexity index is 1650. The third kappa shape index (κ3) is 7.57. The van der Waals surface area contributed by atoms with Crippen molar-refractivity contribution in [1.82, 2.24) is 10.2 Å². The van der Waals surface area contributed by atoms with E-state index in [1.165, 1.54) is 42.6 Å². The number of carbonyl (C=O) groups is 3. The molecule has 2 aromatic carbocycles. The smallest absolute Gasteiger partial charge is 0.414 e. The predicted octanol–water partition coefficient (Wildman–Crippen LogP) is 1.44. The summed E-state index contributed by atoms with van der Waals surface area (Å²) in [7, 11) is -5.07. The van der Waals surface area contributed by atoms with E-state index in [0.717, 1.165) is 4.90 Å². The van der Waals surface area contributed by atoms with Gasteiger partial charge in [0.15, 0.2) is 0 Å². The van der Waals surface area contributed by atoms with Gasteiger partial charge in [-0.05, 0) is 24.3 Å². The average molecular weight is 663 g/mol. The van der Waals surface area contributed by atoms with Gasteiger partial charge in [-0.25, -0.2) is 14.1 Å². The lowest BCUT2D eigenvalue weighted by atomic mass is 10.1. The van der Waals surface area contributed by atoms with Crippen LogP contribution in [0.3, 0.4) is 0 Å². The van der Waals surface area contributed by atoms with Gasteiger partial charge in [-0.3, -0.25) is 29.7 Å². The molecule has 18 nitrogen and oxygen atoms in total. The van der Waals surface area contributed by atoms with Crippen molar-refractivity contribution in [3.63, 3.8) is 0 Å². The first-order valence-electron chi connectivity index (χ1n) is 13.4. The summed E-state index contributed by atoms with van der Waals surface area (Å²) in [4.78, 5) is 58.4. The average Bonchev–Trinajstić information content (AvgIpc) is 3.58. The first kappa shape index (κ1) is 32.7. The standard InChI is InChI=1S/C27H26N3O15P/c31-23(32)14-46(39,40)45-27(35,36)41-13-21-20(44-25(33)15-6-2-1-3-7-15)11-22(42-21)29-12-16-10-19(43-24(16)28-26(29)34)17-8-4-5-9-18(17)30(37)38/h1-10,12,20-22,24,35-36H,11,13-14H2,(H,28,34)(H,31,32)(H,39,40)/t20?,21-,22-,24?/m1/s1. The van der Waals surface area contributed by atoms with Crippen molar-refractivity contribution in [1.29, 1.82) is 0 Å². The maximum absolute atomic E-state index is 13.1. The normalized spacial score (nSPS) is 23.7. The van der Waals surface area contributed by atoms with Crippen LogP contribution in [0.25, 0.3) is 5.76 Å². The number of hydrogen-bond acceptors (Lipinski definition) is 13. The molecule has 2 amide bonds. The molecule has 3 heterocycles. The maximum atomic E-state index is 13.1. The highest BCUT2D eigenvalue weighted by Crippen LogP contribution is 2.45. The zero-order valence-corrected chi connectivity index (χ0v) is 24.3. The fourth-order valence-electron chi connectivity index (χ4n) is 4.81. The van der Waals surface area contributed by atoms with Crippen molar-refractivity contribution >= 4 is 37.0 Å². The first-order chi connectivity index (χ1) is 21.7. The molecule has 5 atom stereocenters. The molecule has 1 fully saturated rings. The van der Waals surface area contributed by atoms with Crippen LogP contribution in [0.15, 0.2) is 72.4 Å². The third-order valence-corrected chi connectivity index (χ3v) is 7.97. The molecule has 1 saturated heterocycles. The van der Waals surface area contributed by atoms with Gasteiger partial charge in [0.25, 0.3) is 5.69 Å². The van der Waals surface area contributed by atoms with Crippen molar-refractivity contribution in [2.45, 2.75) is 37.2 Å². The van der Waals surface area contributed by atoms with E-state index in [4.69, 9.17) is 24.1 Å². The number of fused-ring (bicyclic) bond motifs is 1. The molecule has 3 aliphatic heterocycles. The van der Waals surface area contributed by atoms with Crippen molar-refractivity contribution in [2.24, 2.45) is 0 Å². The minimum Gasteiger partial charge on any atom is -0.481 e. The first-order valence-corrected chi connectivity index (χ1v) is 15.1. The number of amides is 2. The van der Waals surface area contributed by atoms with Crippen LogP contribution in [0.1, 0.15) is 22.3 Å². The number of nitro benzene ring substituents is 1. The number of nitro groups is 1. The molecule has 3 unspecified atom stereocenters. The van der Waals surface area contributed by atoms with Crippen LogP contribution in [-0.4, -0.2) is 91.6 Å². The Kier molecular flexibility index (Phi) is 9.22. The monoisotopic (exact) mass is 663 g/mol. The Morgan fingerprint density at radius 3 is 2.54 bits per heavy atom. The Morgan fingerprint density at radius 2 is 1.85 bits per heavy atom. The predicted molar refractivity (Wildman–Crippen MR) is 150 cm³/mol. The molecular formula is C27H26N3O15P. The lowest BCUT2D eigenvalue weighted by molar-refractivity contribution is -0.444. The highest BCUT2D eigenvalue weighted by atomic mass is 31.2. The molecule has 0 saturated carbocycles. The van der Waals surface area contributed by atoms with Gasteiger partial charge in [-0.1, -0.05) is 30.3 Å². The van der Waals surface area contributed by atoms with E-state index in [9.17, 15) is 44.2 Å². The van der Waals surface area contributed by atoms with Crippen molar-refractivity contribution in [3.8, 4) is 0 Å². The molecule has 3 aliphatic rings. The molecule has 46 heavy (non-hydrogen) atoms. The Hall–Kier alpha value is -4.68. The van der Waals surface area contributed by atoms with Crippen molar-refractivity contribution in [2.75, 3.05) is 12.8 Å². The summed E-state index contributed by atoms with van der Waals surface area (Å²) in [5, 5.41) is 42.8. The van der Waals surface area contributed by atoms with E-state index in [0.29, 0.717) is 5.57 Å². The third-order valence-electron chi connectivity index (χ3n) is 6.78. The van der Waals surface area contributed by atoms with E-state index in [2.05, 4.69) is 9.84 Å². The van der Waals surface area contributed by atoms with Crippen LogP contribution in [0.5, 0.6) is 0 Å². The summed E-state index contributed by atoms with van der Waals surface area (Å²) in [5.41, 5.74) is 0.526. The summed E-state index contributed by atoms with van der Waals surface area (Å²) in [6, 6.07) is 13.0. The quantitative estimate of drug-likeness (QED) is 0.0708. The molecule has 19 heteroatoms. The molecule has 0 spiro atoms. The zero-order valence-electron chi connectivity index (χ0n) is 23.4. The number of aliphatic hydroxyl groups is 2. The Morgan fingerprint density at radius 1 is 1.15 bits per heavy atom. The second kappa shape index (κ2) is 13.0. The molecule has 0 aromatic heterocycles. The molecule has 0 radical (unpaired) electrons. The van der Waals surface area contributed by atoms with Gasteiger partial charge >= 0.3 is 31.7 Å². The van der Waals surface area contributed by atoms with Crippen molar-refractivity contribution in [3.05, 3.63) is 93.7 Å². The van der Waals surface area contributed by atoms with E-state index < -0.39 is 74.1 Å². The second-order valence-corrected chi connectivity index (χ2v) is 11.9. The van der Waals surface area contributed by atoms with Crippen LogP contribution in [0, 0.1) is 10.1 Å². The Balaban J connectivity index is 1.35. The summed E-state index contributed by atoms with van der Waals surface area (Å²) >= 11 is 0. The number of rotatable bonds is 12. The van der Waals surface area contributed by atoms with Gasteiger partial charge in [-0.2, -0.15) is 0 Å². The van der Waals surface area contributed by atoms with Crippen LogP contribution in [-0.2, 0) is 32.8 Å². The highest BCUT2D eigenvalue weighted by Gasteiger charge is 2.47. The number of nitrogens with zero attached hydrogens (tertiary/aromatic N) is 2. The van der Waals surface area contributed by atoms with Gasteiger partial charge in [0.1, 0.15) is 30.4 Å². The molecule has 2 aromatic rings. The second-order valence-electron chi connectivity index (χ2n) is 10.1. The maximum Gasteiger partial charge on any atom is 0.414 e. The number of aliphatic carboxylic acids is 1. The van der Waals surface area contributed by atoms with E-state index >= 15 is 0 Å². The molecule has 0 bridgehead atoms. The van der Waals surface area contributed by atoms with Crippen LogP contribution in [0.2, 0.25) is 0 Å². The van der Waals surface area contributed by atoms with Crippen LogP contribution >= 0.6 is 7.60 Å². The largest absolute Gasteiger partial charge is 0.481 e. The van der Waals surface area contributed by atoms with E-state index in [1.54, 1.807) is 24.3 Å². The fourth-order valence-corrected chi connectivity index (χ4v) is 5.64. The number of benzene rings is 2. The molecular weight excluding hydrogens is 637 g/mol. The number of ether oxygens (including phenoxy) is 4. The number of hydrogen-bond donors (Lipinski definition) is 5. The lowest BCUT2D eigenvalue weighted by Gasteiger charge is -2.32. The number of carboxylic acids is 1. The molecule has 5 N–H and O–H groups in total. The van der Waals surface area contributed by atoms with Gasteiger partial charge in [0, 0.05) is 24.3 Å². The van der Waals surface area contributed by atoms with Crippen molar-refractivity contribution < 1.29 is 67.6 Å². The fraction of sp³-hybridized carbons (Fsp3) is 0.296. The Labute approximate surface area is 258 Å². The summed E-state index contributed by atoms with van der Waals surface area (Å²) in [5.74, 6) is -2.42. The summed E-state index contributed by atoms with van der Waals surface area (Å²) in [6.07, 6.45) is -7.15. The lowest BCUT2D eigenvalue weighted by Crippen LogP contribution is -2.51. The number of urea groups is 1. The number of nitrogens with one attached hydrogen (secondary N) is 1. The number of carboxylic acid groups (broad SMARTS) is 1. The summed E-state index contributed by atoms with van der Waals surface area (Å²) < 4.78 is 38.1. The van der Waals surface area contributed by atoms with Crippen LogP contribution < -0.4 is 5.32 Å². The van der Waals surface area contributed by atoms with Gasteiger partial charge in [0.05, 0.1) is 22.7 Å². The minimum absolute atomic E-state index is 0.130. The number of para-hydroxylation sites is 1.